The molecule has 2 aromatic rings. The van der Waals surface area contributed by atoms with Crippen LogP contribution in [0.5, 0.6) is 0 Å². The minimum Gasteiger partial charge on any atom is -0.207 e. The molecule has 0 N–H and O–H groups in total. The Morgan fingerprint density at radius 1 is 0.692 bits per heavy atom. The van der Waals surface area contributed by atoms with Crippen LogP contribution >= 0.6 is 0 Å². The van der Waals surface area contributed by atoms with E-state index in [9.17, 15) is 4.39 Å². The van der Waals surface area contributed by atoms with Crippen molar-refractivity contribution < 1.29 is 5.82 Å². The predicted molar refractivity (Wildman–Crippen MR) is 117 cm³/mol. The van der Waals surface area contributed by atoms with Gasteiger partial charge in [-0.2, -0.15) is 0 Å². The van der Waals surface area contributed by atoms with Crippen LogP contribution in [0.1, 0.15) is 70.6 Å². The van der Waals surface area contributed by atoms with E-state index in [0.717, 1.165) is 17.4 Å². The Hall–Kier alpha value is -1.63. The standard InChI is InChI=1S/C8H9F.C8H16.C8H10.CH4.H2/c1-6-3-4-7(2)8(9)5-6;2*1-7-3-5-8(2)6-4-7;;/h3-5H,1-2H3;7-8H,3-6H2,1-2H3;3-6H,1-2H3;1H4;1H. The maximum Gasteiger partial charge on any atom is 0.126 e. The van der Waals surface area contributed by atoms with E-state index in [1.807, 2.05) is 13.0 Å². The highest BCUT2D eigenvalue weighted by Crippen LogP contribution is 2.27. The van der Waals surface area contributed by atoms with Gasteiger partial charge in [0.25, 0.3) is 0 Å². The van der Waals surface area contributed by atoms with Gasteiger partial charge in [0.05, 0.1) is 0 Å². The zero-order chi connectivity index (χ0) is 18.8. The van der Waals surface area contributed by atoms with Gasteiger partial charge in [0.1, 0.15) is 5.82 Å². The molecule has 0 radical (unpaired) electrons. The van der Waals surface area contributed by atoms with Gasteiger partial charge in [-0.05, 0) is 56.7 Å². The minimum atomic E-state index is -0.116. The average molecular weight is 361 g/mol. The largest absolute Gasteiger partial charge is 0.207 e. The maximum atomic E-state index is 12.6. The molecule has 1 fully saturated rings. The Morgan fingerprint density at radius 3 is 1.35 bits per heavy atom. The molecule has 1 heteroatoms. The number of halogens is 1. The molecule has 0 saturated heterocycles. The molecule has 0 aromatic heterocycles. The van der Waals surface area contributed by atoms with Crippen LogP contribution in [0.2, 0.25) is 0 Å². The van der Waals surface area contributed by atoms with Crippen LogP contribution in [0.3, 0.4) is 0 Å². The van der Waals surface area contributed by atoms with Crippen LogP contribution < -0.4 is 0 Å². The second kappa shape index (κ2) is 12.7. The Kier molecular flexibility index (Phi) is 11.9. The molecule has 0 atom stereocenters. The highest BCUT2D eigenvalue weighted by atomic mass is 19.1. The molecule has 0 unspecified atom stereocenters. The molecule has 0 nitrogen and oxygen atoms in total. The average Bonchev–Trinajstić information content (AvgIpc) is 2.58. The first-order valence-electron chi connectivity index (χ1n) is 9.54. The third-order valence-corrected chi connectivity index (χ3v) is 4.85. The number of hydrogen-bond acceptors (Lipinski definition) is 0. The summed E-state index contributed by atoms with van der Waals surface area (Å²) in [5.74, 6) is 1.92. The molecule has 3 rings (SSSR count). The molecular formula is C25H41F. The number of hydrogen-bond donors (Lipinski definition) is 0. The van der Waals surface area contributed by atoms with Crippen LogP contribution in [0.15, 0.2) is 42.5 Å². The van der Waals surface area contributed by atoms with Crippen molar-refractivity contribution in [1.29, 1.82) is 0 Å². The molecule has 0 aliphatic heterocycles. The third kappa shape index (κ3) is 10.4. The van der Waals surface area contributed by atoms with Gasteiger partial charge in [0, 0.05) is 1.43 Å². The van der Waals surface area contributed by atoms with Gasteiger partial charge >= 0.3 is 0 Å². The minimum absolute atomic E-state index is 0. The summed E-state index contributed by atoms with van der Waals surface area (Å²) in [7, 11) is 0. The molecular weight excluding hydrogens is 319 g/mol. The van der Waals surface area contributed by atoms with Crippen LogP contribution in [-0.2, 0) is 0 Å². The monoisotopic (exact) mass is 360 g/mol. The maximum absolute atomic E-state index is 12.6. The zero-order valence-corrected chi connectivity index (χ0v) is 16.9. The van der Waals surface area contributed by atoms with E-state index in [0.29, 0.717) is 5.56 Å². The van der Waals surface area contributed by atoms with Crippen molar-refractivity contribution in [2.75, 3.05) is 0 Å². The molecule has 0 heterocycles. The SMILES string of the molecule is C.CC1CCC(C)CC1.Cc1ccc(C)c(F)c1.Cc1ccc(C)cc1.[HH]. The smallest absolute Gasteiger partial charge is 0.126 e. The van der Waals surface area contributed by atoms with E-state index >= 15 is 0 Å². The van der Waals surface area contributed by atoms with Crippen LogP contribution in [0.4, 0.5) is 4.39 Å². The second-order valence-corrected chi connectivity index (χ2v) is 7.77. The Labute approximate surface area is 163 Å². The summed E-state index contributed by atoms with van der Waals surface area (Å²) in [6, 6.07) is 13.7. The highest BCUT2D eigenvalue weighted by molar-refractivity contribution is 5.21. The molecule has 0 bridgehead atoms. The summed E-state index contributed by atoms with van der Waals surface area (Å²) in [4.78, 5) is 0. The molecule has 0 spiro atoms. The highest BCUT2D eigenvalue weighted by Gasteiger charge is 2.13. The summed E-state index contributed by atoms with van der Waals surface area (Å²) in [6.45, 7) is 12.6. The topological polar surface area (TPSA) is 0 Å². The molecule has 148 valence electrons. The van der Waals surface area contributed by atoms with Crippen molar-refractivity contribution in [3.8, 4) is 0 Å². The number of aryl methyl sites for hydroxylation is 4. The van der Waals surface area contributed by atoms with Gasteiger partial charge in [0.15, 0.2) is 0 Å². The van der Waals surface area contributed by atoms with Crippen molar-refractivity contribution >= 4 is 0 Å². The Balaban J connectivity index is 0. The molecule has 1 saturated carbocycles. The van der Waals surface area contributed by atoms with Gasteiger partial charge < -0.3 is 0 Å². The lowest BCUT2D eigenvalue weighted by atomic mass is 9.84. The second-order valence-electron chi connectivity index (χ2n) is 7.77. The van der Waals surface area contributed by atoms with E-state index in [4.69, 9.17) is 0 Å². The predicted octanol–water partition coefficient (Wildman–Crippen LogP) is 8.46. The lowest BCUT2D eigenvalue weighted by Gasteiger charge is -2.22. The van der Waals surface area contributed by atoms with E-state index in [2.05, 4.69) is 52.0 Å². The van der Waals surface area contributed by atoms with Crippen molar-refractivity contribution in [2.45, 2.75) is 74.7 Å². The summed E-state index contributed by atoms with van der Waals surface area (Å²) in [5, 5.41) is 0. The summed E-state index contributed by atoms with van der Waals surface area (Å²) in [5.41, 5.74) is 4.34. The fourth-order valence-corrected chi connectivity index (χ4v) is 2.76. The van der Waals surface area contributed by atoms with Crippen LogP contribution in [0, 0.1) is 45.3 Å². The molecule has 1 aliphatic rings. The zero-order valence-electron chi connectivity index (χ0n) is 16.9. The van der Waals surface area contributed by atoms with Crippen molar-refractivity contribution in [2.24, 2.45) is 11.8 Å². The summed E-state index contributed by atoms with van der Waals surface area (Å²) in [6.07, 6.45) is 5.89. The quantitative estimate of drug-likeness (QED) is 0.442. The van der Waals surface area contributed by atoms with Crippen molar-refractivity contribution in [3.63, 3.8) is 0 Å². The number of benzene rings is 2. The van der Waals surface area contributed by atoms with E-state index < -0.39 is 0 Å². The lowest BCUT2D eigenvalue weighted by Crippen LogP contribution is -2.08. The molecule has 26 heavy (non-hydrogen) atoms. The van der Waals surface area contributed by atoms with E-state index in [-0.39, 0.29) is 14.7 Å². The van der Waals surface area contributed by atoms with Crippen LogP contribution in [-0.4, -0.2) is 0 Å². The summed E-state index contributed by atoms with van der Waals surface area (Å²) < 4.78 is 12.6. The van der Waals surface area contributed by atoms with Gasteiger partial charge in [-0.3, -0.25) is 0 Å². The van der Waals surface area contributed by atoms with Gasteiger partial charge in [-0.1, -0.05) is 94.5 Å². The van der Waals surface area contributed by atoms with Crippen molar-refractivity contribution in [1.82, 2.24) is 0 Å². The number of rotatable bonds is 0. The lowest BCUT2D eigenvalue weighted by molar-refractivity contribution is 0.308. The van der Waals surface area contributed by atoms with E-state index in [1.54, 1.807) is 13.0 Å². The Morgan fingerprint density at radius 2 is 1.04 bits per heavy atom. The van der Waals surface area contributed by atoms with Gasteiger partial charge in [0.2, 0.25) is 0 Å². The van der Waals surface area contributed by atoms with E-state index in [1.165, 1.54) is 42.9 Å². The summed E-state index contributed by atoms with van der Waals surface area (Å²) >= 11 is 0. The van der Waals surface area contributed by atoms with Gasteiger partial charge in [-0.25, -0.2) is 4.39 Å². The van der Waals surface area contributed by atoms with Crippen LogP contribution in [0.25, 0.3) is 0 Å². The fraction of sp³-hybridized carbons (Fsp3) is 0.520. The first kappa shape index (κ1) is 24.4. The molecule has 2 aromatic carbocycles. The normalized spacial score (nSPS) is 18.4. The van der Waals surface area contributed by atoms with Crippen molar-refractivity contribution in [3.05, 3.63) is 70.5 Å². The third-order valence-electron chi connectivity index (χ3n) is 4.85. The first-order valence-corrected chi connectivity index (χ1v) is 9.54. The molecule has 1 aliphatic carbocycles. The molecule has 0 amide bonds. The Bertz CT molecular complexity index is 580. The van der Waals surface area contributed by atoms with Gasteiger partial charge in [-0.15, -0.1) is 0 Å². The first-order chi connectivity index (χ1) is 11.8. The fourth-order valence-electron chi connectivity index (χ4n) is 2.76.